The fourth-order valence-corrected chi connectivity index (χ4v) is 3.70. The Bertz CT molecular complexity index is 1140. The van der Waals surface area contributed by atoms with E-state index in [2.05, 4.69) is 0 Å². The minimum Gasteiger partial charge on any atom is -0.507 e. The van der Waals surface area contributed by atoms with Gasteiger partial charge >= 0.3 is 0 Å². The SMILES string of the molecule is COc1cccc(/C(O)=C2/C(=O)C(=O)N(c3ccccc3)C2c2ccc(Cl)cc2)c1. The second-order valence-electron chi connectivity index (χ2n) is 6.79. The number of ether oxygens (including phenoxy) is 1. The number of nitrogens with zero attached hydrogens (tertiary/aromatic N) is 1. The van der Waals surface area contributed by atoms with Crippen LogP contribution in [0.25, 0.3) is 5.76 Å². The van der Waals surface area contributed by atoms with E-state index in [1.165, 1.54) is 12.0 Å². The molecular weight excluding hydrogens is 402 g/mol. The molecule has 30 heavy (non-hydrogen) atoms. The van der Waals surface area contributed by atoms with E-state index >= 15 is 0 Å². The normalized spacial score (nSPS) is 17.9. The van der Waals surface area contributed by atoms with Gasteiger partial charge in [-0.2, -0.15) is 0 Å². The van der Waals surface area contributed by atoms with Crippen molar-refractivity contribution in [1.29, 1.82) is 0 Å². The van der Waals surface area contributed by atoms with Crippen molar-refractivity contribution < 1.29 is 19.4 Å². The molecule has 0 spiro atoms. The molecule has 6 heteroatoms. The molecule has 1 aliphatic rings. The molecule has 0 saturated carbocycles. The summed E-state index contributed by atoms with van der Waals surface area (Å²) in [5, 5.41) is 11.6. The zero-order chi connectivity index (χ0) is 21.3. The summed E-state index contributed by atoms with van der Waals surface area (Å²) in [5.41, 5.74) is 1.62. The number of benzene rings is 3. The van der Waals surface area contributed by atoms with E-state index in [4.69, 9.17) is 16.3 Å². The van der Waals surface area contributed by atoms with Crippen LogP contribution < -0.4 is 9.64 Å². The molecule has 5 nitrogen and oxygen atoms in total. The van der Waals surface area contributed by atoms with Crippen molar-refractivity contribution in [3.63, 3.8) is 0 Å². The predicted octanol–water partition coefficient (Wildman–Crippen LogP) is 4.97. The number of aliphatic hydroxyl groups is 1. The molecule has 1 fully saturated rings. The number of hydrogen-bond donors (Lipinski definition) is 1. The monoisotopic (exact) mass is 419 g/mol. The molecule has 0 aliphatic carbocycles. The number of hydrogen-bond acceptors (Lipinski definition) is 4. The number of anilines is 1. The Hall–Kier alpha value is -3.57. The largest absolute Gasteiger partial charge is 0.507 e. The lowest BCUT2D eigenvalue weighted by atomic mass is 9.95. The predicted molar refractivity (Wildman–Crippen MR) is 116 cm³/mol. The fraction of sp³-hybridized carbons (Fsp3) is 0.0833. The number of halogens is 1. The van der Waals surface area contributed by atoms with Gasteiger partial charge < -0.3 is 9.84 Å². The van der Waals surface area contributed by atoms with Gasteiger partial charge in [-0.1, -0.05) is 54.1 Å². The van der Waals surface area contributed by atoms with Crippen molar-refractivity contribution in [2.45, 2.75) is 6.04 Å². The molecule has 1 aliphatic heterocycles. The van der Waals surface area contributed by atoms with Gasteiger partial charge in [-0.15, -0.1) is 0 Å². The van der Waals surface area contributed by atoms with Gasteiger partial charge in [0, 0.05) is 16.3 Å². The van der Waals surface area contributed by atoms with Crippen molar-refractivity contribution in [2.24, 2.45) is 0 Å². The lowest BCUT2D eigenvalue weighted by molar-refractivity contribution is -0.132. The van der Waals surface area contributed by atoms with Crippen molar-refractivity contribution >= 4 is 34.7 Å². The maximum absolute atomic E-state index is 13.0. The van der Waals surface area contributed by atoms with Crippen LogP contribution in [0, 0.1) is 0 Å². The Labute approximate surface area is 178 Å². The number of aliphatic hydroxyl groups excluding tert-OH is 1. The zero-order valence-corrected chi connectivity index (χ0v) is 16.8. The Morgan fingerprint density at radius 2 is 1.67 bits per heavy atom. The van der Waals surface area contributed by atoms with Gasteiger partial charge in [0.15, 0.2) is 0 Å². The molecule has 0 aromatic heterocycles. The van der Waals surface area contributed by atoms with Crippen LogP contribution in [0.3, 0.4) is 0 Å². The molecule has 3 aromatic rings. The van der Waals surface area contributed by atoms with E-state index in [-0.39, 0.29) is 11.3 Å². The first-order valence-electron chi connectivity index (χ1n) is 9.27. The van der Waals surface area contributed by atoms with E-state index in [0.29, 0.717) is 27.6 Å². The standard InChI is InChI=1S/C24H18ClNO4/c1-30-19-9-5-6-16(14-19)22(27)20-21(15-10-12-17(25)13-11-15)26(24(29)23(20)28)18-7-3-2-4-8-18/h2-14,21,27H,1H3/b22-20-. The van der Waals surface area contributed by atoms with E-state index in [9.17, 15) is 14.7 Å². The van der Waals surface area contributed by atoms with Gasteiger partial charge in [0.25, 0.3) is 11.7 Å². The molecule has 1 saturated heterocycles. The summed E-state index contributed by atoms with van der Waals surface area (Å²) in [7, 11) is 1.52. The minimum atomic E-state index is -0.795. The number of methoxy groups -OCH3 is 1. The smallest absolute Gasteiger partial charge is 0.300 e. The summed E-state index contributed by atoms with van der Waals surface area (Å²) in [5.74, 6) is -1.19. The van der Waals surface area contributed by atoms with E-state index in [1.54, 1.807) is 72.8 Å². The number of amides is 1. The Kier molecular flexibility index (Phi) is 5.29. The van der Waals surface area contributed by atoms with E-state index in [0.717, 1.165) is 0 Å². The number of carbonyl (C=O) groups excluding carboxylic acids is 2. The Morgan fingerprint density at radius 3 is 2.33 bits per heavy atom. The first-order chi connectivity index (χ1) is 14.5. The van der Waals surface area contributed by atoms with Crippen LogP contribution >= 0.6 is 11.6 Å². The van der Waals surface area contributed by atoms with Crippen LogP contribution in [0.1, 0.15) is 17.2 Å². The average molecular weight is 420 g/mol. The second-order valence-corrected chi connectivity index (χ2v) is 7.22. The topological polar surface area (TPSA) is 66.8 Å². The van der Waals surface area contributed by atoms with Crippen LogP contribution in [0.4, 0.5) is 5.69 Å². The lowest BCUT2D eigenvalue weighted by Gasteiger charge is -2.25. The van der Waals surface area contributed by atoms with Crippen LogP contribution in [-0.4, -0.2) is 23.9 Å². The Balaban J connectivity index is 1.94. The summed E-state index contributed by atoms with van der Waals surface area (Å²) >= 11 is 6.03. The summed E-state index contributed by atoms with van der Waals surface area (Å²) in [6.07, 6.45) is 0. The number of rotatable bonds is 4. The van der Waals surface area contributed by atoms with Gasteiger partial charge in [-0.25, -0.2) is 0 Å². The van der Waals surface area contributed by atoms with Gasteiger partial charge in [0.2, 0.25) is 0 Å². The van der Waals surface area contributed by atoms with Crippen molar-refractivity contribution in [2.75, 3.05) is 12.0 Å². The molecule has 0 radical (unpaired) electrons. The van der Waals surface area contributed by atoms with Crippen LogP contribution in [0.15, 0.2) is 84.4 Å². The third-order valence-electron chi connectivity index (χ3n) is 5.01. The highest BCUT2D eigenvalue weighted by Gasteiger charge is 2.46. The minimum absolute atomic E-state index is 0.0134. The molecule has 4 rings (SSSR count). The number of carbonyl (C=O) groups is 2. The third kappa shape index (κ3) is 3.44. The molecule has 0 bridgehead atoms. The first kappa shape index (κ1) is 19.7. The molecule has 1 unspecified atom stereocenters. The van der Waals surface area contributed by atoms with Gasteiger partial charge in [-0.3, -0.25) is 14.5 Å². The number of ketones is 1. The summed E-state index contributed by atoms with van der Waals surface area (Å²) in [4.78, 5) is 27.4. The molecule has 1 atom stereocenters. The summed E-state index contributed by atoms with van der Waals surface area (Å²) in [6.45, 7) is 0. The van der Waals surface area contributed by atoms with Gasteiger partial charge in [-0.05, 0) is 42.0 Å². The second kappa shape index (κ2) is 8.05. The molecular formula is C24H18ClNO4. The molecule has 1 heterocycles. The summed E-state index contributed by atoms with van der Waals surface area (Å²) in [6, 6.07) is 21.7. The lowest BCUT2D eigenvalue weighted by Crippen LogP contribution is -2.29. The molecule has 1 N–H and O–H groups in total. The van der Waals surface area contributed by atoms with Crippen LogP contribution in [-0.2, 0) is 9.59 Å². The highest BCUT2D eigenvalue weighted by molar-refractivity contribution is 6.51. The first-order valence-corrected chi connectivity index (χ1v) is 9.65. The maximum atomic E-state index is 13.0. The maximum Gasteiger partial charge on any atom is 0.300 e. The number of Topliss-reactive ketones (excluding diaryl/α,β-unsaturated/α-hetero) is 1. The van der Waals surface area contributed by atoms with Gasteiger partial charge in [0.05, 0.1) is 18.7 Å². The van der Waals surface area contributed by atoms with Crippen molar-refractivity contribution in [3.05, 3.63) is 101 Å². The molecule has 150 valence electrons. The summed E-state index contributed by atoms with van der Waals surface area (Å²) < 4.78 is 5.22. The average Bonchev–Trinajstić information content (AvgIpc) is 3.05. The van der Waals surface area contributed by atoms with E-state index < -0.39 is 17.7 Å². The highest BCUT2D eigenvalue weighted by Crippen LogP contribution is 2.42. The third-order valence-corrected chi connectivity index (χ3v) is 5.26. The molecule has 1 amide bonds. The Morgan fingerprint density at radius 1 is 0.967 bits per heavy atom. The van der Waals surface area contributed by atoms with Gasteiger partial charge in [0.1, 0.15) is 11.5 Å². The van der Waals surface area contributed by atoms with E-state index in [1.807, 2.05) is 6.07 Å². The van der Waals surface area contributed by atoms with Crippen molar-refractivity contribution in [3.8, 4) is 5.75 Å². The number of para-hydroxylation sites is 1. The fourth-order valence-electron chi connectivity index (χ4n) is 3.57. The molecule has 3 aromatic carbocycles. The van der Waals surface area contributed by atoms with Crippen molar-refractivity contribution in [1.82, 2.24) is 0 Å². The zero-order valence-electron chi connectivity index (χ0n) is 16.1. The van der Waals surface area contributed by atoms with Crippen LogP contribution in [0.2, 0.25) is 5.02 Å². The highest BCUT2D eigenvalue weighted by atomic mass is 35.5. The quantitative estimate of drug-likeness (QED) is 0.368. The van der Waals surface area contributed by atoms with Crippen LogP contribution in [0.5, 0.6) is 5.75 Å².